The molecule has 0 heterocycles. The van der Waals surface area contributed by atoms with Gasteiger partial charge >= 0.3 is 12.3 Å². The van der Waals surface area contributed by atoms with Crippen molar-refractivity contribution in [2.45, 2.75) is 31.7 Å². The van der Waals surface area contributed by atoms with Gasteiger partial charge in [0.05, 0.1) is 12.6 Å². The first-order valence-corrected chi connectivity index (χ1v) is 6.19. The summed E-state index contributed by atoms with van der Waals surface area (Å²) in [7, 11) is 0. The first-order valence-electron chi connectivity index (χ1n) is 6.19. The third kappa shape index (κ3) is 4.73. The zero-order chi connectivity index (χ0) is 15.2. The average Bonchev–Trinajstić information content (AvgIpc) is 2.43. The third-order valence-corrected chi connectivity index (χ3v) is 2.86. The number of rotatable bonds is 8. The molecule has 0 saturated heterocycles. The van der Waals surface area contributed by atoms with Crippen molar-refractivity contribution >= 4 is 0 Å². The van der Waals surface area contributed by atoms with E-state index in [1.807, 2.05) is 25.1 Å². The number of hydrogen-bond acceptors (Lipinski definition) is 3. The number of aryl methyl sites for hydroxylation is 1. The van der Waals surface area contributed by atoms with E-state index in [1.165, 1.54) is 0 Å². The highest BCUT2D eigenvalue weighted by Crippen LogP contribution is 2.23. The number of alkyl halides is 4. The van der Waals surface area contributed by atoms with Crippen LogP contribution in [0.15, 0.2) is 24.3 Å². The van der Waals surface area contributed by atoms with Gasteiger partial charge in [0.25, 0.3) is 0 Å². The van der Waals surface area contributed by atoms with Crippen LogP contribution in [-0.2, 0) is 11.2 Å². The zero-order valence-electron chi connectivity index (χ0n) is 11.1. The normalized spacial score (nSPS) is 13.8. The molecule has 0 aliphatic rings. The molecule has 0 radical (unpaired) electrons. The molecule has 1 atom stereocenters. The molecule has 1 aromatic carbocycles. The summed E-state index contributed by atoms with van der Waals surface area (Å²) in [4.78, 5) is 0. The molecule has 0 saturated carbocycles. The van der Waals surface area contributed by atoms with Gasteiger partial charge in [-0.25, -0.2) is 8.78 Å². The molecule has 0 spiro atoms. The molecule has 0 fully saturated rings. The average molecular weight is 294 g/mol. The van der Waals surface area contributed by atoms with Crippen molar-refractivity contribution in [1.29, 1.82) is 0 Å². The summed E-state index contributed by atoms with van der Waals surface area (Å²) in [6.45, 7) is 0.423. The number of nitrogens with two attached hydrogens (primary N) is 1. The summed E-state index contributed by atoms with van der Waals surface area (Å²) in [5.41, 5.74) is 4.24. The van der Waals surface area contributed by atoms with Crippen LogP contribution >= 0.6 is 0 Å². The fourth-order valence-corrected chi connectivity index (χ4v) is 1.65. The first kappa shape index (κ1) is 16.9. The molecule has 0 aliphatic carbocycles. The van der Waals surface area contributed by atoms with Crippen molar-refractivity contribution in [3.8, 4) is 0 Å². The second-order valence-corrected chi connectivity index (χ2v) is 4.39. The molecule has 0 bridgehead atoms. The van der Waals surface area contributed by atoms with Gasteiger partial charge in [-0.05, 0) is 17.5 Å². The molecule has 1 rings (SSSR count). The molecule has 114 valence electrons. The summed E-state index contributed by atoms with van der Waals surface area (Å²) in [6, 6.07) is 6.82. The Kier molecular flexibility index (Phi) is 6.38. The fraction of sp³-hybridized carbons (Fsp3) is 0.538. The van der Waals surface area contributed by atoms with Gasteiger partial charge in [0.15, 0.2) is 0 Å². The monoisotopic (exact) mass is 294 g/mol. The Hall–Kier alpha value is -1.18. The molecule has 0 amide bonds. The summed E-state index contributed by atoms with van der Waals surface area (Å²) in [5.74, 6) is 1.19. The number of benzene rings is 1. The van der Waals surface area contributed by atoms with Crippen molar-refractivity contribution in [2.75, 3.05) is 13.2 Å². The third-order valence-electron chi connectivity index (χ3n) is 2.86. The Labute approximate surface area is 115 Å². The quantitative estimate of drug-likeness (QED) is 0.440. The van der Waals surface area contributed by atoms with Crippen LogP contribution in [0.5, 0.6) is 0 Å². The standard InChI is InChI=1S/C13H18F4N2O/c1-2-9-4-3-5-10(6-9)11(19-18)7-20-8-13(16,17)12(14)15/h3-6,11-12,19H,2,7-8,18H2,1H3. The predicted molar refractivity (Wildman–Crippen MR) is 67.7 cm³/mol. The van der Waals surface area contributed by atoms with E-state index in [0.717, 1.165) is 17.5 Å². The number of nitrogens with one attached hydrogen (secondary N) is 1. The molecule has 7 heteroatoms. The molecule has 3 N–H and O–H groups in total. The van der Waals surface area contributed by atoms with Crippen LogP contribution in [0, 0.1) is 0 Å². The Bertz CT molecular complexity index is 415. The van der Waals surface area contributed by atoms with Gasteiger partial charge in [-0.1, -0.05) is 31.2 Å². The highest BCUT2D eigenvalue weighted by atomic mass is 19.3. The highest BCUT2D eigenvalue weighted by Gasteiger charge is 2.41. The van der Waals surface area contributed by atoms with Crippen LogP contribution in [-0.4, -0.2) is 25.6 Å². The van der Waals surface area contributed by atoms with Crippen LogP contribution in [0.2, 0.25) is 0 Å². The van der Waals surface area contributed by atoms with Crippen molar-refractivity contribution in [3.63, 3.8) is 0 Å². The van der Waals surface area contributed by atoms with E-state index in [-0.39, 0.29) is 6.61 Å². The van der Waals surface area contributed by atoms with Crippen LogP contribution in [0.1, 0.15) is 24.1 Å². The lowest BCUT2D eigenvalue weighted by atomic mass is 10.0. The number of hydrogen-bond donors (Lipinski definition) is 2. The van der Waals surface area contributed by atoms with Gasteiger partial charge in [0.2, 0.25) is 0 Å². The largest absolute Gasteiger partial charge is 0.373 e. The van der Waals surface area contributed by atoms with Gasteiger partial charge in [-0.15, -0.1) is 0 Å². The lowest BCUT2D eigenvalue weighted by Crippen LogP contribution is -2.36. The molecular formula is C13H18F4N2O. The van der Waals surface area contributed by atoms with Gasteiger partial charge in [-0.3, -0.25) is 11.3 Å². The molecule has 3 nitrogen and oxygen atoms in total. The predicted octanol–water partition coefficient (Wildman–Crippen LogP) is 2.67. The Morgan fingerprint density at radius 1 is 1.35 bits per heavy atom. The summed E-state index contributed by atoms with van der Waals surface area (Å²) in [6.07, 6.45) is -2.93. The summed E-state index contributed by atoms with van der Waals surface area (Å²) in [5, 5.41) is 0. The first-order chi connectivity index (χ1) is 9.40. The second-order valence-electron chi connectivity index (χ2n) is 4.39. The molecule has 20 heavy (non-hydrogen) atoms. The van der Waals surface area contributed by atoms with Gasteiger partial charge in [-0.2, -0.15) is 8.78 Å². The Balaban J connectivity index is 2.59. The van der Waals surface area contributed by atoms with Gasteiger partial charge < -0.3 is 4.74 Å². The van der Waals surface area contributed by atoms with E-state index < -0.39 is 25.0 Å². The molecule has 0 aromatic heterocycles. The Morgan fingerprint density at radius 3 is 2.60 bits per heavy atom. The maximum atomic E-state index is 12.7. The smallest absolute Gasteiger partial charge is 0.330 e. The summed E-state index contributed by atoms with van der Waals surface area (Å²) >= 11 is 0. The number of hydrazine groups is 1. The second kappa shape index (κ2) is 7.56. The van der Waals surface area contributed by atoms with Crippen molar-refractivity contribution in [1.82, 2.24) is 5.43 Å². The van der Waals surface area contributed by atoms with E-state index >= 15 is 0 Å². The molecule has 1 aromatic rings. The van der Waals surface area contributed by atoms with Crippen LogP contribution in [0.3, 0.4) is 0 Å². The minimum Gasteiger partial charge on any atom is -0.373 e. The van der Waals surface area contributed by atoms with Crippen molar-refractivity contribution < 1.29 is 22.3 Å². The zero-order valence-corrected chi connectivity index (χ0v) is 11.1. The maximum Gasteiger partial charge on any atom is 0.330 e. The molecule has 1 unspecified atom stereocenters. The lowest BCUT2D eigenvalue weighted by Gasteiger charge is -2.20. The minimum absolute atomic E-state index is 0.216. The number of halogens is 4. The van der Waals surface area contributed by atoms with Crippen LogP contribution < -0.4 is 11.3 Å². The molecular weight excluding hydrogens is 276 g/mol. The molecule has 0 aliphatic heterocycles. The van der Waals surface area contributed by atoms with E-state index in [0.29, 0.717) is 0 Å². The maximum absolute atomic E-state index is 12.7. The van der Waals surface area contributed by atoms with Gasteiger partial charge in [0, 0.05) is 0 Å². The summed E-state index contributed by atoms with van der Waals surface area (Å²) < 4.78 is 54.0. The lowest BCUT2D eigenvalue weighted by molar-refractivity contribution is -0.167. The van der Waals surface area contributed by atoms with Gasteiger partial charge in [0.1, 0.15) is 6.61 Å². The fourth-order valence-electron chi connectivity index (χ4n) is 1.65. The van der Waals surface area contributed by atoms with E-state index in [4.69, 9.17) is 5.84 Å². The van der Waals surface area contributed by atoms with Crippen molar-refractivity contribution in [3.05, 3.63) is 35.4 Å². The number of ether oxygens (including phenoxy) is 1. The minimum atomic E-state index is -4.15. The SMILES string of the molecule is CCc1cccc(C(COCC(F)(F)C(F)F)NN)c1. The topological polar surface area (TPSA) is 47.3 Å². The van der Waals surface area contributed by atoms with Crippen LogP contribution in [0.25, 0.3) is 0 Å². The van der Waals surface area contributed by atoms with E-state index in [2.05, 4.69) is 10.2 Å². The van der Waals surface area contributed by atoms with Crippen molar-refractivity contribution in [2.24, 2.45) is 5.84 Å². The van der Waals surface area contributed by atoms with E-state index in [1.54, 1.807) is 6.07 Å². The van der Waals surface area contributed by atoms with E-state index in [9.17, 15) is 17.6 Å². The Morgan fingerprint density at radius 2 is 2.05 bits per heavy atom. The highest BCUT2D eigenvalue weighted by molar-refractivity contribution is 5.26. The van der Waals surface area contributed by atoms with Crippen LogP contribution in [0.4, 0.5) is 17.6 Å².